The fourth-order valence-electron chi connectivity index (χ4n) is 6.96. The molecule has 10 heteroatoms. The number of nitrogens with one attached hydrogen (secondary N) is 1. The third-order valence-electron chi connectivity index (χ3n) is 9.52. The van der Waals surface area contributed by atoms with Crippen LogP contribution in [0.4, 0.5) is 5.13 Å². The molecule has 2 bridgehead atoms. The quantitative estimate of drug-likeness (QED) is 0.431. The van der Waals surface area contributed by atoms with E-state index in [2.05, 4.69) is 44.4 Å². The lowest BCUT2D eigenvalue weighted by Crippen LogP contribution is -2.75. The van der Waals surface area contributed by atoms with E-state index in [0.29, 0.717) is 23.6 Å². The van der Waals surface area contributed by atoms with Gasteiger partial charge in [-0.2, -0.15) is 5.26 Å². The molecule has 2 aromatic heterocycles. The van der Waals surface area contributed by atoms with Crippen LogP contribution >= 0.6 is 11.3 Å². The number of hydrogen-bond acceptors (Lipinski definition) is 9. The number of thiazole rings is 1. The van der Waals surface area contributed by atoms with Gasteiger partial charge in [0, 0.05) is 35.5 Å². The van der Waals surface area contributed by atoms with Crippen LogP contribution in [0.15, 0.2) is 30.6 Å². The van der Waals surface area contributed by atoms with Crippen LogP contribution in [0.2, 0.25) is 0 Å². The number of nitrogens with zero attached hydrogens (tertiary/aromatic N) is 5. The van der Waals surface area contributed by atoms with Gasteiger partial charge in [-0.05, 0) is 76.1 Å². The zero-order valence-corrected chi connectivity index (χ0v) is 22.8. The summed E-state index contributed by atoms with van der Waals surface area (Å²) in [6.07, 6.45) is 10.4. The minimum Gasteiger partial charge on any atom is -0.390 e. The second-order valence-electron chi connectivity index (χ2n) is 12.0. The van der Waals surface area contributed by atoms with Gasteiger partial charge in [0.15, 0.2) is 11.0 Å². The highest BCUT2D eigenvalue weighted by atomic mass is 32.1. The van der Waals surface area contributed by atoms with Crippen LogP contribution in [-0.2, 0) is 16.1 Å². The molecule has 202 valence electrons. The third kappa shape index (κ3) is 4.32. The first-order chi connectivity index (χ1) is 18.9. The summed E-state index contributed by atoms with van der Waals surface area (Å²) in [7, 11) is 2.17. The number of aromatic nitrogens is 3. The van der Waals surface area contributed by atoms with E-state index in [0.717, 1.165) is 72.7 Å². The highest BCUT2D eigenvalue weighted by Crippen LogP contribution is 2.70. The Kier molecular flexibility index (Phi) is 5.97. The number of aliphatic hydroxyl groups excluding tert-OH is 1. The van der Waals surface area contributed by atoms with E-state index in [1.54, 1.807) is 12.4 Å². The Hall–Kier alpha value is -2.97. The molecule has 0 unspecified atom stereocenters. The van der Waals surface area contributed by atoms with Gasteiger partial charge in [0.1, 0.15) is 6.61 Å². The Bertz CT molecular complexity index is 1440. The summed E-state index contributed by atoms with van der Waals surface area (Å²) in [4.78, 5) is 28.9. The van der Waals surface area contributed by atoms with Gasteiger partial charge in [0.05, 0.1) is 33.9 Å². The van der Waals surface area contributed by atoms with E-state index in [4.69, 9.17) is 4.74 Å². The van der Waals surface area contributed by atoms with E-state index in [1.165, 1.54) is 11.3 Å². The average Bonchev–Trinajstić information content (AvgIpc) is 3.45. The number of nitriles is 1. The zero-order chi connectivity index (χ0) is 26.8. The van der Waals surface area contributed by atoms with Crippen molar-refractivity contribution >= 4 is 32.6 Å². The molecule has 9 nitrogen and oxygen atoms in total. The van der Waals surface area contributed by atoms with Crippen molar-refractivity contribution in [3.63, 3.8) is 0 Å². The topological polar surface area (TPSA) is 124 Å². The zero-order valence-electron chi connectivity index (χ0n) is 22.0. The lowest BCUT2D eigenvalue weighted by molar-refractivity contribution is -0.203. The monoisotopic (exact) mass is 544 g/mol. The molecule has 1 amide bonds. The maximum Gasteiger partial charge on any atom is 0.229 e. The third-order valence-corrected chi connectivity index (χ3v) is 10.5. The number of carbonyl (C=O) groups excluding carboxylic acids is 1. The van der Waals surface area contributed by atoms with E-state index in [1.807, 2.05) is 12.1 Å². The Morgan fingerprint density at radius 1 is 1.23 bits per heavy atom. The molecule has 8 rings (SSSR count). The van der Waals surface area contributed by atoms with Crippen molar-refractivity contribution in [1.82, 2.24) is 19.9 Å². The lowest BCUT2D eigenvalue weighted by Gasteiger charge is -2.72. The summed E-state index contributed by atoms with van der Waals surface area (Å²) >= 11 is 1.48. The summed E-state index contributed by atoms with van der Waals surface area (Å²) in [5.41, 5.74) is 2.90. The number of aliphatic hydroxyl groups is 1. The summed E-state index contributed by atoms with van der Waals surface area (Å²) in [6, 6.07) is 8.91. The number of rotatable bonds is 8. The molecular weight excluding hydrogens is 512 g/mol. The first-order valence-electron chi connectivity index (χ1n) is 13.8. The Morgan fingerprint density at radius 3 is 2.69 bits per heavy atom. The predicted molar refractivity (Wildman–Crippen MR) is 147 cm³/mol. The maximum atomic E-state index is 12.9. The number of anilines is 1. The molecule has 0 aliphatic heterocycles. The first kappa shape index (κ1) is 25.0. The predicted octanol–water partition coefficient (Wildman–Crippen LogP) is 4.28. The van der Waals surface area contributed by atoms with Crippen LogP contribution in [0.5, 0.6) is 0 Å². The number of amides is 1. The Balaban J connectivity index is 0.940. The minimum atomic E-state index is -0.390. The van der Waals surface area contributed by atoms with E-state index >= 15 is 0 Å². The number of fused-ring (bicyclic) bond motifs is 1. The van der Waals surface area contributed by atoms with E-state index < -0.39 is 6.10 Å². The highest BCUT2D eigenvalue weighted by molar-refractivity contribution is 7.22. The van der Waals surface area contributed by atoms with Crippen LogP contribution in [-0.4, -0.2) is 61.7 Å². The van der Waals surface area contributed by atoms with Crippen LogP contribution in [0.3, 0.4) is 0 Å². The van der Waals surface area contributed by atoms with Crippen molar-refractivity contribution in [1.29, 1.82) is 5.26 Å². The standard InChI is InChI=1S/C29H32N6O3S/c1-35(29-13-28(14-29,15-29)16-30)20-7-18(8-20)26(37)34-27-33-21-6-5-17(9-24(21)39-27)19-10-31-25(32-11-19)12-38-23-4-2-3-22(23)36/h5-6,9-11,18,20,22-23,36H,2-4,7-8,12-15H2,1H3,(H,33,34,37)/t18?,20?,22-,23-,28?,29?/m0/s1. The molecule has 3 aromatic rings. The molecule has 5 saturated carbocycles. The fourth-order valence-corrected chi connectivity index (χ4v) is 7.87. The van der Waals surface area contributed by atoms with Crippen LogP contribution in [0.1, 0.15) is 57.2 Å². The summed E-state index contributed by atoms with van der Waals surface area (Å²) in [6.45, 7) is 0.291. The summed E-state index contributed by atoms with van der Waals surface area (Å²) in [5, 5.41) is 22.9. The molecule has 39 heavy (non-hydrogen) atoms. The molecule has 2 heterocycles. The number of ether oxygens (including phenoxy) is 1. The molecule has 0 spiro atoms. The Labute approximate surface area is 231 Å². The largest absolute Gasteiger partial charge is 0.390 e. The number of benzene rings is 1. The highest BCUT2D eigenvalue weighted by Gasteiger charge is 2.71. The number of carbonyl (C=O) groups is 1. The molecule has 2 atom stereocenters. The smallest absolute Gasteiger partial charge is 0.229 e. The second-order valence-corrected chi connectivity index (χ2v) is 13.0. The number of hydrogen-bond donors (Lipinski definition) is 2. The lowest BCUT2D eigenvalue weighted by atomic mass is 9.39. The van der Waals surface area contributed by atoms with E-state index in [-0.39, 0.29) is 28.9 Å². The molecule has 5 aliphatic carbocycles. The minimum absolute atomic E-state index is 0.00822. The maximum absolute atomic E-state index is 12.9. The van der Waals surface area contributed by atoms with Crippen LogP contribution in [0.25, 0.3) is 21.3 Å². The average molecular weight is 545 g/mol. The van der Waals surface area contributed by atoms with Gasteiger partial charge < -0.3 is 15.2 Å². The molecule has 2 N–H and O–H groups in total. The molecule has 0 saturated heterocycles. The van der Waals surface area contributed by atoms with Crippen molar-refractivity contribution in [3.05, 3.63) is 36.4 Å². The van der Waals surface area contributed by atoms with Crippen molar-refractivity contribution < 1.29 is 14.6 Å². The Morgan fingerprint density at radius 2 is 2.00 bits per heavy atom. The summed E-state index contributed by atoms with van der Waals surface area (Å²) < 4.78 is 6.78. The molecular formula is C29H32N6O3S. The van der Waals surface area contributed by atoms with Crippen molar-refractivity contribution in [2.45, 2.75) is 81.8 Å². The van der Waals surface area contributed by atoms with Gasteiger partial charge in [0.25, 0.3) is 0 Å². The second kappa shape index (κ2) is 9.30. The van der Waals surface area contributed by atoms with Gasteiger partial charge in [-0.3, -0.25) is 9.69 Å². The first-order valence-corrected chi connectivity index (χ1v) is 14.6. The molecule has 0 radical (unpaired) electrons. The van der Waals surface area contributed by atoms with Crippen LogP contribution < -0.4 is 5.32 Å². The summed E-state index contributed by atoms with van der Waals surface area (Å²) in [5.74, 6) is 0.650. The van der Waals surface area contributed by atoms with Gasteiger partial charge in [0.2, 0.25) is 5.91 Å². The van der Waals surface area contributed by atoms with Crippen molar-refractivity contribution in [2.24, 2.45) is 11.3 Å². The molecule has 5 fully saturated rings. The molecule has 5 aliphatic rings. The van der Waals surface area contributed by atoms with Gasteiger partial charge in [-0.1, -0.05) is 17.4 Å². The van der Waals surface area contributed by atoms with Gasteiger partial charge in [-0.15, -0.1) is 0 Å². The molecule has 1 aromatic carbocycles. The van der Waals surface area contributed by atoms with Crippen LogP contribution in [0, 0.1) is 22.7 Å². The van der Waals surface area contributed by atoms with Crippen molar-refractivity contribution in [3.8, 4) is 17.2 Å². The fraction of sp³-hybridized carbons (Fsp3) is 0.552. The normalized spacial score (nSPS) is 32.8. The van der Waals surface area contributed by atoms with Crippen molar-refractivity contribution in [2.75, 3.05) is 12.4 Å². The van der Waals surface area contributed by atoms with Gasteiger partial charge in [-0.25, -0.2) is 15.0 Å². The van der Waals surface area contributed by atoms with Gasteiger partial charge >= 0.3 is 0 Å². The SMILES string of the molecule is CN(C1CC(C(=O)Nc2nc3ccc(-c4cnc(CO[C@H]5CCC[C@@H]5O)nc4)cc3s2)C1)C12CC(C#N)(C1)C2. The van der Waals surface area contributed by atoms with E-state index in [9.17, 15) is 15.2 Å².